The van der Waals surface area contributed by atoms with Gasteiger partial charge in [0, 0.05) is 17.1 Å². The van der Waals surface area contributed by atoms with Gasteiger partial charge in [0.15, 0.2) is 5.78 Å². The molecule has 0 saturated heterocycles. The molecule has 1 rings (SSSR count). The quantitative estimate of drug-likeness (QED) is 0.763. The van der Waals surface area contributed by atoms with Crippen molar-refractivity contribution in [3.05, 3.63) is 33.8 Å². The molecule has 1 aromatic carbocycles. The molecule has 3 heteroatoms. The molecule has 0 aliphatic rings. The summed E-state index contributed by atoms with van der Waals surface area (Å²) in [6.45, 7) is 2.02. The molecule has 0 aromatic heterocycles. The van der Waals surface area contributed by atoms with Crippen molar-refractivity contribution in [3.8, 4) is 0 Å². The molecule has 0 unspecified atom stereocenters. The van der Waals surface area contributed by atoms with E-state index in [0.29, 0.717) is 12.2 Å². The van der Waals surface area contributed by atoms with E-state index >= 15 is 0 Å². The van der Waals surface area contributed by atoms with Crippen LogP contribution < -0.4 is 0 Å². The molecule has 1 aromatic rings. The van der Waals surface area contributed by atoms with Crippen LogP contribution >= 0.6 is 15.9 Å². The topological polar surface area (TPSA) is 26.3 Å². The van der Waals surface area contributed by atoms with Crippen molar-refractivity contribution in [3.63, 3.8) is 0 Å². The number of rotatable bonds is 3. The number of halogens is 1. The average Bonchev–Trinajstić information content (AvgIpc) is 2.04. The van der Waals surface area contributed by atoms with Crippen LogP contribution in [0.2, 0.25) is 0 Å². The van der Waals surface area contributed by atoms with Crippen molar-refractivity contribution in [1.82, 2.24) is 0 Å². The van der Waals surface area contributed by atoms with Crippen LogP contribution in [0.5, 0.6) is 0 Å². The molecule has 2 nitrogen and oxygen atoms in total. The van der Waals surface area contributed by atoms with E-state index in [1.54, 1.807) is 14.0 Å². The van der Waals surface area contributed by atoms with Crippen LogP contribution in [0.25, 0.3) is 0 Å². The minimum Gasteiger partial charge on any atom is -0.380 e. The summed E-state index contributed by atoms with van der Waals surface area (Å²) >= 11 is 3.34. The van der Waals surface area contributed by atoms with Crippen molar-refractivity contribution in [2.45, 2.75) is 13.5 Å². The highest BCUT2D eigenvalue weighted by atomic mass is 79.9. The fraction of sp³-hybridized carbons (Fsp3) is 0.300. The maximum Gasteiger partial charge on any atom is 0.161 e. The van der Waals surface area contributed by atoms with Gasteiger partial charge in [-0.15, -0.1) is 0 Å². The molecule has 70 valence electrons. The van der Waals surface area contributed by atoms with Gasteiger partial charge in [-0.1, -0.05) is 28.1 Å². The van der Waals surface area contributed by atoms with E-state index in [4.69, 9.17) is 4.74 Å². The molecular weight excluding hydrogens is 232 g/mol. The number of hydrogen-bond acceptors (Lipinski definition) is 2. The monoisotopic (exact) mass is 242 g/mol. The first-order valence-corrected chi connectivity index (χ1v) is 4.73. The Morgan fingerprint density at radius 2 is 2.23 bits per heavy atom. The second-order valence-corrected chi connectivity index (χ2v) is 3.62. The van der Waals surface area contributed by atoms with Crippen molar-refractivity contribution in [2.24, 2.45) is 0 Å². The molecule has 0 radical (unpaired) electrons. The van der Waals surface area contributed by atoms with Gasteiger partial charge in [-0.2, -0.15) is 0 Å². The summed E-state index contributed by atoms with van der Waals surface area (Å²) in [6, 6.07) is 5.64. The van der Waals surface area contributed by atoms with Gasteiger partial charge in [-0.3, -0.25) is 4.79 Å². The van der Waals surface area contributed by atoms with E-state index in [-0.39, 0.29) is 5.78 Å². The highest BCUT2D eigenvalue weighted by molar-refractivity contribution is 9.10. The number of carbonyl (C=O) groups excluding carboxylic acids is 1. The molecule has 0 amide bonds. The minimum absolute atomic E-state index is 0.0551. The van der Waals surface area contributed by atoms with E-state index < -0.39 is 0 Å². The van der Waals surface area contributed by atoms with Crippen molar-refractivity contribution in [2.75, 3.05) is 7.11 Å². The van der Waals surface area contributed by atoms with E-state index in [2.05, 4.69) is 15.9 Å². The predicted octanol–water partition coefficient (Wildman–Crippen LogP) is 2.80. The fourth-order valence-electron chi connectivity index (χ4n) is 1.24. The lowest BCUT2D eigenvalue weighted by molar-refractivity contribution is 0.101. The third kappa shape index (κ3) is 2.39. The minimum atomic E-state index is 0.0551. The van der Waals surface area contributed by atoms with Crippen LogP contribution in [0.1, 0.15) is 22.8 Å². The lowest BCUT2D eigenvalue weighted by Gasteiger charge is -2.07. The third-order valence-corrected chi connectivity index (χ3v) is 2.41. The molecule has 13 heavy (non-hydrogen) atoms. The van der Waals surface area contributed by atoms with Gasteiger partial charge in [0.1, 0.15) is 0 Å². The SMILES string of the molecule is COCc1cccc(Br)c1C(C)=O. The predicted molar refractivity (Wildman–Crippen MR) is 54.9 cm³/mol. The van der Waals surface area contributed by atoms with Crippen LogP contribution in [0.4, 0.5) is 0 Å². The zero-order chi connectivity index (χ0) is 9.84. The number of Topliss-reactive ketones (excluding diaryl/α,β-unsaturated/α-hetero) is 1. The van der Waals surface area contributed by atoms with E-state index in [1.165, 1.54) is 0 Å². The second-order valence-electron chi connectivity index (χ2n) is 2.76. The van der Waals surface area contributed by atoms with Gasteiger partial charge in [-0.05, 0) is 18.6 Å². The van der Waals surface area contributed by atoms with Crippen LogP contribution in [-0.4, -0.2) is 12.9 Å². The van der Waals surface area contributed by atoms with Crippen molar-refractivity contribution < 1.29 is 9.53 Å². The Hall–Kier alpha value is -0.670. The maximum atomic E-state index is 11.3. The van der Waals surface area contributed by atoms with Gasteiger partial charge in [0.2, 0.25) is 0 Å². The average molecular weight is 243 g/mol. The summed E-state index contributed by atoms with van der Waals surface area (Å²) in [7, 11) is 1.62. The number of ether oxygens (including phenoxy) is 1. The highest BCUT2D eigenvalue weighted by Crippen LogP contribution is 2.21. The molecule has 0 N–H and O–H groups in total. The van der Waals surface area contributed by atoms with E-state index in [9.17, 15) is 4.79 Å². The largest absolute Gasteiger partial charge is 0.380 e. The van der Waals surface area contributed by atoms with Crippen LogP contribution in [0, 0.1) is 0 Å². The normalized spacial score (nSPS) is 10.1. The summed E-state index contributed by atoms with van der Waals surface area (Å²) in [6.07, 6.45) is 0. The number of benzene rings is 1. The lowest BCUT2D eigenvalue weighted by Crippen LogP contribution is -2.01. The van der Waals surface area contributed by atoms with E-state index in [1.807, 2.05) is 18.2 Å². The Morgan fingerprint density at radius 3 is 2.77 bits per heavy atom. The molecule has 0 fully saturated rings. The smallest absolute Gasteiger partial charge is 0.161 e. The first kappa shape index (κ1) is 10.4. The summed E-state index contributed by atoms with van der Waals surface area (Å²) in [5, 5.41) is 0. The standard InChI is InChI=1S/C10H11BrO2/c1-7(12)10-8(6-13-2)4-3-5-9(10)11/h3-5H,6H2,1-2H3. The summed E-state index contributed by atoms with van der Waals surface area (Å²) < 4.78 is 5.83. The zero-order valence-electron chi connectivity index (χ0n) is 7.63. The first-order chi connectivity index (χ1) is 6.16. The second kappa shape index (κ2) is 4.53. The van der Waals surface area contributed by atoms with Gasteiger partial charge < -0.3 is 4.74 Å². The van der Waals surface area contributed by atoms with Crippen molar-refractivity contribution in [1.29, 1.82) is 0 Å². The summed E-state index contributed by atoms with van der Waals surface area (Å²) in [5.74, 6) is 0.0551. The zero-order valence-corrected chi connectivity index (χ0v) is 9.22. The van der Waals surface area contributed by atoms with Crippen LogP contribution in [0.15, 0.2) is 22.7 Å². The molecule has 0 aliphatic heterocycles. The Labute approximate surface area is 86.0 Å². The van der Waals surface area contributed by atoms with Crippen LogP contribution in [0.3, 0.4) is 0 Å². The third-order valence-electron chi connectivity index (χ3n) is 1.75. The molecule has 0 aliphatic carbocycles. The number of hydrogen-bond donors (Lipinski definition) is 0. The number of carbonyl (C=O) groups is 1. The highest BCUT2D eigenvalue weighted by Gasteiger charge is 2.10. The molecule has 0 heterocycles. The number of ketones is 1. The summed E-state index contributed by atoms with van der Waals surface area (Å²) in [5.41, 5.74) is 1.63. The van der Waals surface area contributed by atoms with Gasteiger partial charge >= 0.3 is 0 Å². The molecule has 0 bridgehead atoms. The van der Waals surface area contributed by atoms with E-state index in [0.717, 1.165) is 10.0 Å². The maximum absolute atomic E-state index is 11.3. The number of methoxy groups -OCH3 is 1. The Balaban J connectivity index is 3.17. The van der Waals surface area contributed by atoms with Gasteiger partial charge in [0.05, 0.1) is 6.61 Å². The molecule has 0 spiro atoms. The fourth-order valence-corrected chi connectivity index (χ4v) is 1.93. The van der Waals surface area contributed by atoms with Gasteiger partial charge in [0.25, 0.3) is 0 Å². The first-order valence-electron chi connectivity index (χ1n) is 3.94. The molecular formula is C10H11BrO2. The lowest BCUT2D eigenvalue weighted by atomic mass is 10.1. The Kier molecular flexibility index (Phi) is 3.63. The molecule has 0 atom stereocenters. The molecule has 0 saturated carbocycles. The summed E-state index contributed by atoms with van der Waals surface area (Å²) in [4.78, 5) is 11.3. The Morgan fingerprint density at radius 1 is 1.54 bits per heavy atom. The van der Waals surface area contributed by atoms with Gasteiger partial charge in [-0.25, -0.2) is 0 Å². The van der Waals surface area contributed by atoms with Crippen LogP contribution in [-0.2, 0) is 11.3 Å². The Bertz CT molecular complexity index is 321. The van der Waals surface area contributed by atoms with Crippen molar-refractivity contribution >= 4 is 21.7 Å².